The van der Waals surface area contributed by atoms with Gasteiger partial charge in [-0.1, -0.05) is 0 Å². The number of ketones is 1. The third kappa shape index (κ3) is 2.07. The third-order valence-corrected chi connectivity index (χ3v) is 4.01. The molecule has 2 unspecified atom stereocenters. The molecule has 0 aromatic rings. The van der Waals surface area contributed by atoms with Crippen LogP contribution >= 0.6 is 11.6 Å². The first-order chi connectivity index (χ1) is 6.15. The highest BCUT2D eigenvalue weighted by Gasteiger charge is 2.36. The number of carbonyl (C=O) groups excluding carboxylic acids is 1. The van der Waals surface area contributed by atoms with Crippen LogP contribution in [0.5, 0.6) is 0 Å². The summed E-state index contributed by atoms with van der Waals surface area (Å²) < 4.78 is 0. The Balaban J connectivity index is 2.01. The van der Waals surface area contributed by atoms with Crippen LogP contribution < -0.4 is 0 Å². The van der Waals surface area contributed by atoms with Crippen molar-refractivity contribution in [1.82, 2.24) is 0 Å². The predicted molar refractivity (Wildman–Crippen MR) is 53.9 cm³/mol. The first-order valence-electron chi connectivity index (χ1n) is 5.29. The highest BCUT2D eigenvalue weighted by atomic mass is 35.5. The lowest BCUT2D eigenvalue weighted by molar-refractivity contribution is -0.123. The van der Waals surface area contributed by atoms with Crippen LogP contribution in [-0.2, 0) is 4.79 Å². The normalized spacial score (nSPS) is 44.5. The average Bonchev–Trinajstić information content (AvgIpc) is 2.01. The molecule has 2 rings (SSSR count). The number of alkyl halides is 1. The fourth-order valence-electron chi connectivity index (χ4n) is 3.10. The second-order valence-electron chi connectivity index (χ2n) is 4.82. The molecule has 0 aromatic heterocycles. The van der Waals surface area contributed by atoms with Crippen molar-refractivity contribution in [2.75, 3.05) is 0 Å². The maximum Gasteiger partial charge on any atom is 0.132 e. The van der Waals surface area contributed by atoms with E-state index < -0.39 is 0 Å². The Labute approximate surface area is 84.8 Å². The van der Waals surface area contributed by atoms with Crippen LogP contribution in [-0.4, -0.2) is 11.2 Å². The van der Waals surface area contributed by atoms with Gasteiger partial charge in [0.2, 0.25) is 0 Å². The zero-order valence-electron chi connectivity index (χ0n) is 8.13. The minimum absolute atomic E-state index is 0.355. The summed E-state index contributed by atoms with van der Waals surface area (Å²) in [5.41, 5.74) is 0. The fourth-order valence-corrected chi connectivity index (χ4v) is 3.61. The molecule has 0 amide bonds. The molecule has 2 bridgehead atoms. The topological polar surface area (TPSA) is 17.1 Å². The Kier molecular flexibility index (Phi) is 2.64. The molecule has 0 heterocycles. The first-order valence-corrected chi connectivity index (χ1v) is 5.73. The molecule has 0 radical (unpaired) electrons. The third-order valence-electron chi connectivity index (χ3n) is 3.66. The lowest BCUT2D eigenvalue weighted by Crippen LogP contribution is -2.33. The second-order valence-corrected chi connectivity index (χ2v) is 5.43. The highest BCUT2D eigenvalue weighted by Crippen LogP contribution is 2.44. The smallest absolute Gasteiger partial charge is 0.132 e. The van der Waals surface area contributed by atoms with Gasteiger partial charge in [-0.25, -0.2) is 0 Å². The largest absolute Gasteiger partial charge is 0.300 e. The van der Waals surface area contributed by atoms with Gasteiger partial charge in [0.25, 0.3) is 0 Å². The number of hydrogen-bond acceptors (Lipinski definition) is 1. The molecule has 0 aromatic carbocycles. The van der Waals surface area contributed by atoms with Crippen LogP contribution in [0.1, 0.15) is 39.0 Å². The van der Waals surface area contributed by atoms with Gasteiger partial charge in [0.15, 0.2) is 0 Å². The van der Waals surface area contributed by atoms with Crippen LogP contribution in [0.3, 0.4) is 0 Å². The van der Waals surface area contributed by atoms with Crippen LogP contribution in [0.2, 0.25) is 0 Å². The molecule has 0 spiro atoms. The van der Waals surface area contributed by atoms with E-state index in [1.54, 1.807) is 6.92 Å². The van der Waals surface area contributed by atoms with E-state index in [0.29, 0.717) is 17.1 Å². The summed E-state index contributed by atoms with van der Waals surface area (Å²) in [6.07, 6.45) is 5.82. The summed E-state index contributed by atoms with van der Waals surface area (Å²) in [6.45, 7) is 1.74. The molecular formula is C11H17ClO. The molecule has 13 heavy (non-hydrogen) atoms. The Morgan fingerprint density at radius 2 is 1.62 bits per heavy atom. The maximum absolute atomic E-state index is 11.3. The van der Waals surface area contributed by atoms with Crippen molar-refractivity contribution < 1.29 is 4.79 Å². The quantitative estimate of drug-likeness (QED) is 0.595. The number of rotatable bonds is 1. The molecule has 0 saturated heterocycles. The number of carbonyl (C=O) groups is 1. The van der Waals surface area contributed by atoms with Crippen LogP contribution in [0, 0.1) is 17.8 Å². The number of hydrogen-bond donors (Lipinski definition) is 0. The summed E-state index contributed by atoms with van der Waals surface area (Å²) in [5.74, 6) is 2.23. The number of Topliss-reactive ketones (excluding diaryl/α,β-unsaturated/α-hetero) is 1. The van der Waals surface area contributed by atoms with Gasteiger partial charge in [-0.15, -0.1) is 11.6 Å². The molecule has 2 heteroatoms. The predicted octanol–water partition coefficient (Wildman–Crippen LogP) is 3.01. The molecule has 2 atom stereocenters. The Morgan fingerprint density at radius 1 is 1.08 bits per heavy atom. The molecule has 74 valence electrons. The SMILES string of the molecule is CC(=O)C1CC2CC(Cl)CC(C2)C1. The van der Waals surface area contributed by atoms with Crippen molar-refractivity contribution >= 4 is 17.4 Å². The van der Waals surface area contributed by atoms with E-state index in [0.717, 1.165) is 37.5 Å². The Morgan fingerprint density at radius 3 is 2.08 bits per heavy atom. The van der Waals surface area contributed by atoms with Gasteiger partial charge >= 0.3 is 0 Å². The minimum atomic E-state index is 0.355. The summed E-state index contributed by atoms with van der Waals surface area (Å²) >= 11 is 6.16. The van der Waals surface area contributed by atoms with Crippen molar-refractivity contribution in [3.05, 3.63) is 0 Å². The van der Waals surface area contributed by atoms with Gasteiger partial charge in [0.05, 0.1) is 0 Å². The van der Waals surface area contributed by atoms with Gasteiger partial charge in [0.1, 0.15) is 5.78 Å². The Hall–Kier alpha value is -0.0400. The van der Waals surface area contributed by atoms with E-state index in [2.05, 4.69) is 0 Å². The molecule has 0 N–H and O–H groups in total. The van der Waals surface area contributed by atoms with Crippen molar-refractivity contribution in [1.29, 1.82) is 0 Å². The van der Waals surface area contributed by atoms with E-state index in [1.807, 2.05) is 0 Å². The van der Waals surface area contributed by atoms with Gasteiger partial charge in [-0.05, 0) is 50.9 Å². The van der Waals surface area contributed by atoms with Gasteiger partial charge < -0.3 is 0 Å². The zero-order valence-corrected chi connectivity index (χ0v) is 8.89. The first kappa shape index (κ1) is 9.51. The molecule has 1 nitrogen and oxygen atoms in total. The summed E-state index contributed by atoms with van der Waals surface area (Å²) in [6, 6.07) is 0. The summed E-state index contributed by atoms with van der Waals surface area (Å²) in [7, 11) is 0. The van der Waals surface area contributed by atoms with Crippen LogP contribution in [0.4, 0.5) is 0 Å². The molecule has 2 aliphatic carbocycles. The van der Waals surface area contributed by atoms with Gasteiger partial charge in [-0.3, -0.25) is 4.79 Å². The molecule has 2 aliphatic rings. The standard InChI is InChI=1S/C11H17ClO/c1-7(13)10-3-8-2-9(4-10)6-11(12)5-8/h8-11H,2-6H2,1H3. The van der Waals surface area contributed by atoms with Crippen LogP contribution in [0.25, 0.3) is 0 Å². The average molecular weight is 201 g/mol. The van der Waals surface area contributed by atoms with E-state index >= 15 is 0 Å². The molecule has 2 fully saturated rings. The number of halogens is 1. The van der Waals surface area contributed by atoms with Crippen molar-refractivity contribution in [3.63, 3.8) is 0 Å². The van der Waals surface area contributed by atoms with Crippen LogP contribution in [0.15, 0.2) is 0 Å². The Bertz CT molecular complexity index is 196. The van der Waals surface area contributed by atoms with E-state index in [1.165, 1.54) is 6.42 Å². The van der Waals surface area contributed by atoms with Crippen molar-refractivity contribution in [2.45, 2.75) is 44.4 Å². The number of fused-ring (bicyclic) bond motifs is 2. The van der Waals surface area contributed by atoms with E-state index in [-0.39, 0.29) is 0 Å². The molecule has 0 aliphatic heterocycles. The maximum atomic E-state index is 11.3. The lowest BCUT2D eigenvalue weighted by Gasteiger charge is -2.40. The fraction of sp³-hybridized carbons (Fsp3) is 0.909. The summed E-state index contributed by atoms with van der Waals surface area (Å²) in [5, 5.41) is 0.386. The van der Waals surface area contributed by atoms with Crippen molar-refractivity contribution in [3.8, 4) is 0 Å². The molecular weight excluding hydrogens is 184 g/mol. The van der Waals surface area contributed by atoms with E-state index in [4.69, 9.17) is 11.6 Å². The van der Waals surface area contributed by atoms with Crippen molar-refractivity contribution in [2.24, 2.45) is 17.8 Å². The highest BCUT2D eigenvalue weighted by molar-refractivity contribution is 6.20. The second kappa shape index (κ2) is 3.61. The molecule has 2 saturated carbocycles. The summed E-state index contributed by atoms with van der Waals surface area (Å²) in [4.78, 5) is 11.3. The van der Waals surface area contributed by atoms with E-state index in [9.17, 15) is 4.79 Å². The van der Waals surface area contributed by atoms with Gasteiger partial charge in [0, 0.05) is 11.3 Å². The monoisotopic (exact) mass is 200 g/mol. The minimum Gasteiger partial charge on any atom is -0.300 e. The zero-order chi connectivity index (χ0) is 9.42. The lowest BCUT2D eigenvalue weighted by atomic mass is 9.67. The van der Waals surface area contributed by atoms with Gasteiger partial charge in [-0.2, -0.15) is 0 Å².